The first kappa shape index (κ1) is 20.6. The summed E-state index contributed by atoms with van der Waals surface area (Å²) in [5.41, 5.74) is 6.49. The maximum Gasteiger partial charge on any atom is 0.136 e. The molecule has 0 unspecified atom stereocenters. The predicted molar refractivity (Wildman–Crippen MR) is 127 cm³/mol. The SMILES string of the molecule is Cc1cc(C)nc(Cc2nc(Cc3ccn4ccnc4c3)cc(N3CCC(C)CC3)n2)c1. The lowest BCUT2D eigenvalue weighted by Gasteiger charge is -2.31. The molecule has 5 rings (SSSR count). The Labute approximate surface area is 189 Å². The maximum atomic E-state index is 4.98. The fourth-order valence-corrected chi connectivity index (χ4v) is 4.55. The molecule has 1 saturated heterocycles. The van der Waals surface area contributed by atoms with E-state index in [-0.39, 0.29) is 0 Å². The van der Waals surface area contributed by atoms with Crippen LogP contribution in [0.5, 0.6) is 0 Å². The molecule has 0 atom stereocenters. The summed E-state index contributed by atoms with van der Waals surface area (Å²) >= 11 is 0. The summed E-state index contributed by atoms with van der Waals surface area (Å²) in [4.78, 5) is 21.5. The Bertz CT molecular complexity index is 1220. The molecule has 5 heterocycles. The van der Waals surface area contributed by atoms with Gasteiger partial charge in [0, 0.05) is 55.6 Å². The Morgan fingerprint density at radius 2 is 1.72 bits per heavy atom. The first-order valence-corrected chi connectivity index (χ1v) is 11.5. The Morgan fingerprint density at radius 3 is 2.53 bits per heavy atom. The van der Waals surface area contributed by atoms with Gasteiger partial charge in [-0.1, -0.05) is 6.92 Å². The van der Waals surface area contributed by atoms with Crippen LogP contribution in [0.3, 0.4) is 0 Å². The number of hydrogen-bond donors (Lipinski definition) is 0. The molecule has 164 valence electrons. The van der Waals surface area contributed by atoms with Crippen LogP contribution in [0.15, 0.2) is 48.9 Å². The lowest BCUT2D eigenvalue weighted by Crippen LogP contribution is -2.33. The molecular weight excluding hydrogens is 396 g/mol. The normalized spacial score (nSPS) is 14.9. The molecule has 1 aliphatic heterocycles. The van der Waals surface area contributed by atoms with Crippen molar-refractivity contribution in [3.05, 3.63) is 83.0 Å². The number of hydrogen-bond acceptors (Lipinski definition) is 5. The summed E-state index contributed by atoms with van der Waals surface area (Å²) in [5.74, 6) is 2.67. The summed E-state index contributed by atoms with van der Waals surface area (Å²) < 4.78 is 2.03. The van der Waals surface area contributed by atoms with Gasteiger partial charge >= 0.3 is 0 Å². The third-order valence-corrected chi connectivity index (χ3v) is 6.26. The van der Waals surface area contributed by atoms with Crippen LogP contribution in [0, 0.1) is 19.8 Å². The number of nitrogens with zero attached hydrogens (tertiary/aromatic N) is 6. The summed E-state index contributed by atoms with van der Waals surface area (Å²) in [6.07, 6.45) is 9.69. The topological polar surface area (TPSA) is 59.2 Å². The molecule has 0 aliphatic carbocycles. The Hall–Kier alpha value is -3.28. The average molecular weight is 427 g/mol. The summed E-state index contributed by atoms with van der Waals surface area (Å²) in [6, 6.07) is 10.7. The standard InChI is InChI=1S/C26H30N6/c1-18-4-8-31(9-5-18)26-17-23(14-21-6-10-32-11-7-27-25(32)15-21)29-24(30-26)16-22-13-19(2)12-20(3)28-22/h6-7,10-13,15,17-18H,4-5,8-9,14,16H2,1-3H3. The largest absolute Gasteiger partial charge is 0.356 e. The zero-order valence-electron chi connectivity index (χ0n) is 19.1. The van der Waals surface area contributed by atoms with Crippen LogP contribution in [0.4, 0.5) is 5.82 Å². The number of imidazole rings is 1. The van der Waals surface area contributed by atoms with Gasteiger partial charge in [0.2, 0.25) is 0 Å². The number of rotatable bonds is 5. The second-order valence-electron chi connectivity index (χ2n) is 9.16. The molecule has 1 fully saturated rings. The van der Waals surface area contributed by atoms with Crippen molar-refractivity contribution in [2.24, 2.45) is 5.92 Å². The average Bonchev–Trinajstić information content (AvgIpc) is 3.21. The van der Waals surface area contributed by atoms with Crippen LogP contribution < -0.4 is 4.90 Å². The summed E-state index contributed by atoms with van der Waals surface area (Å²) in [7, 11) is 0. The van der Waals surface area contributed by atoms with Gasteiger partial charge in [-0.2, -0.15) is 0 Å². The molecule has 0 amide bonds. The van der Waals surface area contributed by atoms with Crippen molar-refractivity contribution >= 4 is 11.5 Å². The minimum Gasteiger partial charge on any atom is -0.356 e. The van der Waals surface area contributed by atoms with Crippen LogP contribution >= 0.6 is 0 Å². The molecule has 32 heavy (non-hydrogen) atoms. The zero-order chi connectivity index (χ0) is 22.1. The Kier molecular flexibility index (Phi) is 5.60. The van der Waals surface area contributed by atoms with Crippen LogP contribution in [-0.2, 0) is 12.8 Å². The van der Waals surface area contributed by atoms with Gasteiger partial charge in [-0.05, 0) is 68.0 Å². The van der Waals surface area contributed by atoms with E-state index in [2.05, 4.69) is 60.3 Å². The smallest absolute Gasteiger partial charge is 0.136 e. The van der Waals surface area contributed by atoms with E-state index in [4.69, 9.17) is 15.0 Å². The molecule has 1 aliphatic rings. The van der Waals surface area contributed by atoms with Crippen LogP contribution in [-0.4, -0.2) is 37.4 Å². The minimum atomic E-state index is 0.646. The molecule has 0 spiro atoms. The Balaban J connectivity index is 1.47. The van der Waals surface area contributed by atoms with E-state index in [1.165, 1.54) is 24.0 Å². The highest BCUT2D eigenvalue weighted by atomic mass is 15.2. The quantitative estimate of drug-likeness (QED) is 0.468. The second kappa shape index (κ2) is 8.69. The molecular formula is C26H30N6. The van der Waals surface area contributed by atoms with Crippen molar-refractivity contribution in [3.8, 4) is 0 Å². The highest BCUT2D eigenvalue weighted by Gasteiger charge is 2.19. The van der Waals surface area contributed by atoms with Gasteiger partial charge in [0.25, 0.3) is 0 Å². The summed E-state index contributed by atoms with van der Waals surface area (Å²) in [5, 5.41) is 0. The number of anilines is 1. The van der Waals surface area contributed by atoms with Crippen molar-refractivity contribution in [3.63, 3.8) is 0 Å². The second-order valence-corrected chi connectivity index (χ2v) is 9.16. The van der Waals surface area contributed by atoms with Gasteiger partial charge < -0.3 is 9.30 Å². The van der Waals surface area contributed by atoms with E-state index in [1.807, 2.05) is 23.7 Å². The first-order valence-electron chi connectivity index (χ1n) is 11.5. The van der Waals surface area contributed by atoms with E-state index in [0.29, 0.717) is 6.42 Å². The molecule has 0 radical (unpaired) electrons. The molecule has 0 aromatic carbocycles. The predicted octanol–water partition coefficient (Wildman–Crippen LogP) is 4.55. The summed E-state index contributed by atoms with van der Waals surface area (Å²) in [6.45, 7) is 8.60. The fourth-order valence-electron chi connectivity index (χ4n) is 4.55. The maximum absolute atomic E-state index is 4.98. The molecule has 0 N–H and O–H groups in total. The number of pyridine rings is 2. The third kappa shape index (κ3) is 4.64. The number of aromatic nitrogens is 5. The molecule has 6 nitrogen and oxygen atoms in total. The molecule has 0 saturated carbocycles. The van der Waals surface area contributed by atoms with E-state index in [0.717, 1.165) is 59.8 Å². The molecule has 4 aromatic rings. The van der Waals surface area contributed by atoms with E-state index in [9.17, 15) is 0 Å². The highest BCUT2D eigenvalue weighted by molar-refractivity contribution is 5.45. The molecule has 6 heteroatoms. The lowest BCUT2D eigenvalue weighted by molar-refractivity contribution is 0.436. The van der Waals surface area contributed by atoms with Crippen LogP contribution in [0.25, 0.3) is 5.65 Å². The van der Waals surface area contributed by atoms with Gasteiger partial charge in [-0.15, -0.1) is 0 Å². The monoisotopic (exact) mass is 426 g/mol. The van der Waals surface area contributed by atoms with Crippen molar-refractivity contribution in [2.45, 2.75) is 46.5 Å². The van der Waals surface area contributed by atoms with Gasteiger partial charge in [0.1, 0.15) is 17.3 Å². The van der Waals surface area contributed by atoms with Gasteiger partial charge in [0.15, 0.2) is 0 Å². The number of fused-ring (bicyclic) bond motifs is 1. The van der Waals surface area contributed by atoms with Crippen molar-refractivity contribution in [2.75, 3.05) is 18.0 Å². The van der Waals surface area contributed by atoms with Gasteiger partial charge in [0.05, 0.1) is 12.1 Å². The van der Waals surface area contributed by atoms with Gasteiger partial charge in [-0.3, -0.25) is 4.98 Å². The van der Waals surface area contributed by atoms with Crippen LogP contribution in [0.1, 0.15) is 53.8 Å². The minimum absolute atomic E-state index is 0.646. The third-order valence-electron chi connectivity index (χ3n) is 6.26. The fraction of sp³-hybridized carbons (Fsp3) is 0.385. The van der Waals surface area contributed by atoms with E-state index >= 15 is 0 Å². The molecule has 4 aromatic heterocycles. The van der Waals surface area contributed by atoms with Crippen LogP contribution in [0.2, 0.25) is 0 Å². The number of piperidine rings is 1. The zero-order valence-corrected chi connectivity index (χ0v) is 19.1. The van der Waals surface area contributed by atoms with Gasteiger partial charge in [-0.25, -0.2) is 15.0 Å². The van der Waals surface area contributed by atoms with Crippen molar-refractivity contribution in [1.82, 2.24) is 24.3 Å². The van der Waals surface area contributed by atoms with Crippen molar-refractivity contribution in [1.29, 1.82) is 0 Å². The lowest BCUT2D eigenvalue weighted by atomic mass is 9.99. The Morgan fingerprint density at radius 1 is 0.906 bits per heavy atom. The highest BCUT2D eigenvalue weighted by Crippen LogP contribution is 2.23. The van der Waals surface area contributed by atoms with E-state index < -0.39 is 0 Å². The first-order chi connectivity index (χ1) is 15.5. The van der Waals surface area contributed by atoms with E-state index in [1.54, 1.807) is 0 Å². The number of aryl methyl sites for hydroxylation is 2. The van der Waals surface area contributed by atoms with Crippen molar-refractivity contribution < 1.29 is 0 Å². The molecule has 0 bridgehead atoms.